The number of ether oxygens (including phenoxy) is 1. The molecule has 0 aromatic carbocycles. The van der Waals surface area contributed by atoms with Crippen LogP contribution in [-0.4, -0.2) is 48.1 Å². The van der Waals surface area contributed by atoms with Crippen molar-refractivity contribution in [2.24, 2.45) is 5.73 Å². The standard InChI is InChI=1S/C11H20N2O4S2/c1-3-9(11(12)18)19(15,16)13(8-5-6-8)7-10(14)17-4-2/h8-9H,3-7H2,1-2H3,(H2,12,18). The Hall–Kier alpha value is -0.730. The molecule has 0 amide bonds. The molecule has 0 spiro atoms. The molecule has 1 rings (SSSR count). The van der Waals surface area contributed by atoms with E-state index in [1.807, 2.05) is 0 Å². The minimum absolute atomic E-state index is 0.0583. The van der Waals surface area contributed by atoms with Gasteiger partial charge in [-0.1, -0.05) is 19.1 Å². The maximum absolute atomic E-state index is 12.5. The second-order valence-electron chi connectivity index (χ2n) is 4.43. The van der Waals surface area contributed by atoms with Gasteiger partial charge >= 0.3 is 5.97 Å². The lowest BCUT2D eigenvalue weighted by Gasteiger charge is -2.25. The summed E-state index contributed by atoms with van der Waals surface area (Å²) in [7, 11) is -3.70. The van der Waals surface area contributed by atoms with E-state index < -0.39 is 21.2 Å². The molecule has 0 radical (unpaired) electrons. The van der Waals surface area contributed by atoms with Crippen molar-refractivity contribution in [3.63, 3.8) is 0 Å². The molecule has 0 aromatic rings. The van der Waals surface area contributed by atoms with Crippen molar-refractivity contribution in [3.05, 3.63) is 0 Å². The minimum atomic E-state index is -3.70. The number of hydrogen-bond acceptors (Lipinski definition) is 5. The first-order chi connectivity index (χ1) is 8.84. The van der Waals surface area contributed by atoms with Gasteiger partial charge in [-0.3, -0.25) is 4.79 Å². The van der Waals surface area contributed by atoms with E-state index in [1.54, 1.807) is 13.8 Å². The summed E-state index contributed by atoms with van der Waals surface area (Å²) in [5.41, 5.74) is 5.49. The first-order valence-corrected chi connectivity index (χ1v) is 8.21. The number of sulfonamides is 1. The molecule has 1 saturated carbocycles. The van der Waals surface area contributed by atoms with Gasteiger partial charge in [0.25, 0.3) is 0 Å². The Bertz CT molecular complexity index is 446. The van der Waals surface area contributed by atoms with Crippen molar-refractivity contribution in [2.75, 3.05) is 13.2 Å². The van der Waals surface area contributed by atoms with Crippen LogP contribution in [0.3, 0.4) is 0 Å². The average molecular weight is 308 g/mol. The van der Waals surface area contributed by atoms with Crippen LogP contribution >= 0.6 is 12.2 Å². The fraction of sp³-hybridized carbons (Fsp3) is 0.818. The molecule has 8 heteroatoms. The highest BCUT2D eigenvalue weighted by Crippen LogP contribution is 2.31. The van der Waals surface area contributed by atoms with Crippen LogP contribution in [0.15, 0.2) is 0 Å². The molecule has 0 heterocycles. The monoisotopic (exact) mass is 308 g/mol. The summed E-state index contributed by atoms with van der Waals surface area (Å²) in [4.78, 5) is 11.5. The highest BCUT2D eigenvalue weighted by molar-refractivity contribution is 7.92. The smallest absolute Gasteiger partial charge is 0.321 e. The van der Waals surface area contributed by atoms with Gasteiger partial charge < -0.3 is 10.5 Å². The first kappa shape index (κ1) is 16.3. The number of carbonyl (C=O) groups is 1. The number of nitrogens with two attached hydrogens (primary N) is 1. The van der Waals surface area contributed by atoms with E-state index in [0.717, 1.165) is 12.8 Å². The molecule has 1 aliphatic carbocycles. The van der Waals surface area contributed by atoms with Gasteiger partial charge in [0.15, 0.2) is 0 Å². The third-order valence-corrected chi connectivity index (χ3v) is 5.74. The van der Waals surface area contributed by atoms with Crippen LogP contribution in [0, 0.1) is 0 Å². The lowest BCUT2D eigenvalue weighted by molar-refractivity contribution is -0.143. The van der Waals surface area contributed by atoms with E-state index in [9.17, 15) is 13.2 Å². The van der Waals surface area contributed by atoms with Gasteiger partial charge in [-0.15, -0.1) is 0 Å². The lowest BCUT2D eigenvalue weighted by Crippen LogP contribution is -2.47. The fourth-order valence-corrected chi connectivity index (χ4v) is 4.33. The van der Waals surface area contributed by atoms with Crippen molar-refractivity contribution in [2.45, 2.75) is 44.4 Å². The molecule has 110 valence electrons. The molecule has 19 heavy (non-hydrogen) atoms. The van der Waals surface area contributed by atoms with Crippen molar-refractivity contribution >= 4 is 33.2 Å². The average Bonchev–Trinajstić information content (AvgIpc) is 3.09. The number of nitrogens with zero attached hydrogens (tertiary/aromatic N) is 1. The number of carbonyl (C=O) groups excluding carboxylic acids is 1. The SMILES string of the molecule is CCOC(=O)CN(C1CC1)S(=O)(=O)C(CC)C(N)=S. The van der Waals surface area contributed by atoms with Crippen LogP contribution in [0.2, 0.25) is 0 Å². The number of thiocarbonyl (C=S) groups is 1. The second kappa shape index (κ2) is 6.62. The predicted molar refractivity (Wildman–Crippen MR) is 76.1 cm³/mol. The summed E-state index contributed by atoms with van der Waals surface area (Å²) in [6, 6.07) is -0.127. The van der Waals surface area contributed by atoms with Gasteiger partial charge in [0.2, 0.25) is 10.0 Å². The first-order valence-electron chi connectivity index (χ1n) is 6.30. The molecule has 6 nitrogen and oxygen atoms in total. The molecule has 1 aliphatic rings. The third-order valence-electron chi connectivity index (χ3n) is 2.92. The topological polar surface area (TPSA) is 89.7 Å². The lowest BCUT2D eigenvalue weighted by atomic mass is 10.3. The van der Waals surface area contributed by atoms with Crippen LogP contribution in [-0.2, 0) is 19.6 Å². The Morgan fingerprint density at radius 3 is 2.42 bits per heavy atom. The molecule has 0 bridgehead atoms. The Kier molecular flexibility index (Phi) is 5.69. The Balaban J connectivity index is 2.91. The van der Waals surface area contributed by atoms with E-state index in [1.165, 1.54) is 4.31 Å². The van der Waals surface area contributed by atoms with Crippen LogP contribution in [0.25, 0.3) is 0 Å². The second-order valence-corrected chi connectivity index (χ2v) is 6.97. The van der Waals surface area contributed by atoms with Gasteiger partial charge in [0.05, 0.1) is 11.6 Å². The van der Waals surface area contributed by atoms with Crippen LogP contribution in [0.5, 0.6) is 0 Å². The molecule has 1 unspecified atom stereocenters. The molecule has 1 fully saturated rings. The maximum atomic E-state index is 12.5. The number of esters is 1. The minimum Gasteiger partial charge on any atom is -0.465 e. The van der Waals surface area contributed by atoms with E-state index in [0.29, 0.717) is 6.42 Å². The maximum Gasteiger partial charge on any atom is 0.321 e. The van der Waals surface area contributed by atoms with Gasteiger partial charge in [0.1, 0.15) is 11.8 Å². The quantitative estimate of drug-likeness (QED) is 0.516. The van der Waals surface area contributed by atoms with Crippen LogP contribution < -0.4 is 5.73 Å². The van der Waals surface area contributed by atoms with E-state index >= 15 is 0 Å². The molecule has 0 saturated heterocycles. The molecule has 1 atom stereocenters. The van der Waals surface area contributed by atoms with Gasteiger partial charge in [-0.2, -0.15) is 4.31 Å². The zero-order valence-corrected chi connectivity index (χ0v) is 12.8. The van der Waals surface area contributed by atoms with Crippen molar-refractivity contribution in [1.82, 2.24) is 4.31 Å². The summed E-state index contributed by atoms with van der Waals surface area (Å²) in [5, 5.41) is -0.919. The molecule has 0 aliphatic heterocycles. The summed E-state index contributed by atoms with van der Waals surface area (Å²) >= 11 is 4.81. The summed E-state index contributed by atoms with van der Waals surface area (Å²) < 4.78 is 31.0. The highest BCUT2D eigenvalue weighted by atomic mass is 32.2. The van der Waals surface area contributed by atoms with E-state index in [-0.39, 0.29) is 24.2 Å². The zero-order valence-electron chi connectivity index (χ0n) is 11.2. The summed E-state index contributed by atoms with van der Waals surface area (Å²) in [5.74, 6) is -0.546. The van der Waals surface area contributed by atoms with Crippen molar-refractivity contribution in [3.8, 4) is 0 Å². The molecule has 2 N–H and O–H groups in total. The normalized spacial score (nSPS) is 17.2. The zero-order chi connectivity index (χ0) is 14.6. The Morgan fingerprint density at radius 2 is 2.05 bits per heavy atom. The number of rotatable bonds is 8. The Morgan fingerprint density at radius 1 is 1.47 bits per heavy atom. The number of hydrogen-bond donors (Lipinski definition) is 1. The van der Waals surface area contributed by atoms with E-state index in [2.05, 4.69) is 0 Å². The molecular formula is C11H20N2O4S2. The molecular weight excluding hydrogens is 288 g/mol. The Labute approximate surface area is 119 Å². The third kappa shape index (κ3) is 4.12. The van der Waals surface area contributed by atoms with E-state index in [4.69, 9.17) is 22.7 Å². The van der Waals surface area contributed by atoms with Gasteiger partial charge in [-0.25, -0.2) is 8.42 Å². The van der Waals surface area contributed by atoms with Crippen molar-refractivity contribution in [1.29, 1.82) is 0 Å². The predicted octanol–water partition coefficient (Wildman–Crippen LogP) is 0.408. The summed E-state index contributed by atoms with van der Waals surface area (Å²) in [6.07, 6.45) is 1.81. The highest BCUT2D eigenvalue weighted by Gasteiger charge is 2.42. The van der Waals surface area contributed by atoms with Gasteiger partial charge in [-0.05, 0) is 26.2 Å². The molecule has 0 aromatic heterocycles. The summed E-state index contributed by atoms with van der Waals surface area (Å²) in [6.45, 7) is 3.35. The van der Waals surface area contributed by atoms with Crippen LogP contribution in [0.4, 0.5) is 0 Å². The van der Waals surface area contributed by atoms with Crippen LogP contribution in [0.1, 0.15) is 33.1 Å². The van der Waals surface area contributed by atoms with Crippen molar-refractivity contribution < 1.29 is 17.9 Å². The van der Waals surface area contributed by atoms with Gasteiger partial charge in [0, 0.05) is 6.04 Å². The largest absolute Gasteiger partial charge is 0.465 e. The fourth-order valence-electron chi connectivity index (χ4n) is 1.85.